The Balaban J connectivity index is 1.78. The third-order valence-corrected chi connectivity index (χ3v) is 3.20. The van der Waals surface area contributed by atoms with Crippen LogP contribution in [0.2, 0.25) is 0 Å². The molecule has 0 aliphatic rings. The monoisotopic (exact) mass is 280 g/mol. The highest BCUT2D eigenvalue weighted by Crippen LogP contribution is 2.27. The number of hydrogen-bond acceptors (Lipinski definition) is 8. The lowest BCUT2D eigenvalue weighted by Crippen LogP contribution is -2.07. The number of imidazole rings is 1. The molecule has 3 heterocycles. The van der Waals surface area contributed by atoms with Gasteiger partial charge in [0, 0.05) is 18.3 Å². The summed E-state index contributed by atoms with van der Waals surface area (Å²) >= 11 is 1.34. The van der Waals surface area contributed by atoms with E-state index in [1.807, 2.05) is 0 Å². The van der Waals surface area contributed by atoms with Crippen LogP contribution >= 0.6 is 11.3 Å². The third kappa shape index (κ3) is 2.12. The molecule has 0 radical (unpaired) electrons. The molecule has 0 spiro atoms. The molecule has 9 nitrogen and oxygen atoms in total. The van der Waals surface area contributed by atoms with Gasteiger partial charge in [-0.15, -0.1) is 0 Å². The van der Waals surface area contributed by atoms with E-state index < -0.39 is 4.92 Å². The van der Waals surface area contributed by atoms with Crippen molar-refractivity contribution in [3.63, 3.8) is 0 Å². The molecular weight excluding hydrogens is 272 g/mol. The summed E-state index contributed by atoms with van der Waals surface area (Å²) in [6, 6.07) is 0. The van der Waals surface area contributed by atoms with E-state index in [-0.39, 0.29) is 11.6 Å². The van der Waals surface area contributed by atoms with Gasteiger partial charge in [-0.2, -0.15) is 14.4 Å². The van der Waals surface area contributed by atoms with Gasteiger partial charge in [-0.25, -0.2) is 0 Å². The maximum atomic E-state index is 11.1. The average Bonchev–Trinajstić information content (AvgIpc) is 3.02. The van der Waals surface area contributed by atoms with Crippen LogP contribution in [0.4, 0.5) is 11.6 Å². The van der Waals surface area contributed by atoms with E-state index in [4.69, 9.17) is 4.52 Å². The topological polar surface area (TPSA) is 111 Å². The summed E-state index contributed by atoms with van der Waals surface area (Å²) in [4.78, 5) is 19.2. The Morgan fingerprint density at radius 3 is 3.21 bits per heavy atom. The zero-order chi connectivity index (χ0) is 13.2. The van der Waals surface area contributed by atoms with Gasteiger partial charge in [0.05, 0.1) is 0 Å². The molecule has 0 aliphatic carbocycles. The highest BCUT2D eigenvalue weighted by molar-refractivity contribution is 7.15. The van der Waals surface area contributed by atoms with E-state index in [9.17, 15) is 10.1 Å². The van der Waals surface area contributed by atoms with Crippen LogP contribution in [0.5, 0.6) is 0 Å². The van der Waals surface area contributed by atoms with Gasteiger partial charge in [0.1, 0.15) is 6.20 Å². The van der Waals surface area contributed by atoms with E-state index in [2.05, 4.69) is 20.4 Å². The first-order chi connectivity index (χ1) is 9.25. The summed E-state index contributed by atoms with van der Waals surface area (Å²) in [6.45, 7) is 0.424. The fourth-order valence-corrected chi connectivity index (χ4v) is 2.37. The molecule has 0 saturated heterocycles. The number of rotatable bonds is 5. The summed E-state index contributed by atoms with van der Waals surface area (Å²) in [5.41, 5.74) is 0. The molecule has 3 aromatic heterocycles. The van der Waals surface area contributed by atoms with Gasteiger partial charge >= 0.3 is 5.82 Å². The molecule has 0 aliphatic heterocycles. The maximum Gasteiger partial charge on any atom is 0.372 e. The van der Waals surface area contributed by atoms with E-state index in [0.29, 0.717) is 23.8 Å². The van der Waals surface area contributed by atoms with Gasteiger partial charge in [0.25, 0.3) is 4.96 Å². The fraction of sp³-hybridized carbons (Fsp3) is 0.222. The molecule has 0 fully saturated rings. The maximum absolute atomic E-state index is 11.1. The molecule has 1 N–H and O–H groups in total. The summed E-state index contributed by atoms with van der Waals surface area (Å²) in [7, 11) is 0. The van der Waals surface area contributed by atoms with Crippen molar-refractivity contribution in [1.29, 1.82) is 0 Å². The van der Waals surface area contributed by atoms with Crippen LogP contribution < -0.4 is 5.32 Å². The molecule has 3 rings (SSSR count). The minimum atomic E-state index is -0.457. The Kier molecular flexibility index (Phi) is 2.83. The first kappa shape index (κ1) is 11.6. The zero-order valence-electron chi connectivity index (χ0n) is 9.52. The van der Waals surface area contributed by atoms with Crippen LogP contribution in [0.15, 0.2) is 22.4 Å². The summed E-state index contributed by atoms with van der Waals surface area (Å²) in [5.74, 6) is 0.648. The van der Waals surface area contributed by atoms with Gasteiger partial charge in [-0.05, 0) is 4.92 Å². The normalized spacial score (nSPS) is 10.9. The van der Waals surface area contributed by atoms with Crippen LogP contribution in [0, 0.1) is 10.1 Å². The third-order valence-electron chi connectivity index (χ3n) is 2.45. The Bertz CT molecular complexity index is 703. The SMILES string of the molecule is O=[N+]([O-])c1c(NCCc2ncno2)nc2sccn12. The fourth-order valence-electron chi connectivity index (χ4n) is 1.66. The van der Waals surface area contributed by atoms with Crippen molar-refractivity contribution >= 4 is 27.9 Å². The van der Waals surface area contributed by atoms with E-state index in [0.717, 1.165) is 0 Å². The second-order valence-corrected chi connectivity index (χ2v) is 4.48. The second-order valence-electron chi connectivity index (χ2n) is 3.61. The number of hydrogen-bond donors (Lipinski definition) is 1. The van der Waals surface area contributed by atoms with E-state index in [1.165, 1.54) is 22.1 Å². The minimum absolute atomic E-state index is 0.0678. The molecule has 19 heavy (non-hydrogen) atoms. The molecule has 0 unspecified atom stereocenters. The van der Waals surface area contributed by atoms with Gasteiger partial charge in [-0.1, -0.05) is 16.5 Å². The summed E-state index contributed by atoms with van der Waals surface area (Å²) < 4.78 is 6.28. The zero-order valence-corrected chi connectivity index (χ0v) is 10.3. The van der Waals surface area contributed by atoms with Crippen molar-refractivity contribution < 1.29 is 9.45 Å². The Morgan fingerprint density at radius 2 is 2.47 bits per heavy atom. The Morgan fingerprint density at radius 1 is 1.58 bits per heavy atom. The number of anilines is 1. The quantitative estimate of drug-likeness (QED) is 0.554. The number of nitro groups is 1. The van der Waals surface area contributed by atoms with Gasteiger partial charge in [-0.3, -0.25) is 0 Å². The molecule has 0 atom stereocenters. The number of fused-ring (bicyclic) bond motifs is 1. The van der Waals surface area contributed by atoms with E-state index in [1.54, 1.807) is 11.6 Å². The van der Waals surface area contributed by atoms with Crippen molar-refractivity contribution in [2.24, 2.45) is 0 Å². The molecular formula is C9H8N6O3S. The van der Waals surface area contributed by atoms with Crippen LogP contribution in [-0.2, 0) is 6.42 Å². The van der Waals surface area contributed by atoms with Crippen LogP contribution in [-0.4, -0.2) is 31.0 Å². The lowest BCUT2D eigenvalue weighted by Gasteiger charge is -2.00. The number of thiazole rings is 1. The highest BCUT2D eigenvalue weighted by atomic mass is 32.1. The number of nitrogens with zero attached hydrogens (tertiary/aromatic N) is 5. The predicted molar refractivity (Wildman–Crippen MR) is 66.2 cm³/mol. The first-order valence-corrected chi connectivity index (χ1v) is 6.23. The van der Waals surface area contributed by atoms with Gasteiger partial charge < -0.3 is 20.0 Å². The van der Waals surface area contributed by atoms with Crippen molar-refractivity contribution in [1.82, 2.24) is 19.5 Å². The Hall–Kier alpha value is -2.49. The second kappa shape index (κ2) is 4.65. The lowest BCUT2D eigenvalue weighted by molar-refractivity contribution is -0.389. The molecule has 98 valence electrons. The van der Waals surface area contributed by atoms with Crippen LogP contribution in [0.1, 0.15) is 5.89 Å². The lowest BCUT2D eigenvalue weighted by atomic mass is 10.4. The van der Waals surface area contributed by atoms with Gasteiger partial charge in [0.2, 0.25) is 11.7 Å². The molecule has 3 aromatic rings. The smallest absolute Gasteiger partial charge is 0.362 e. The van der Waals surface area contributed by atoms with Crippen LogP contribution in [0.25, 0.3) is 4.96 Å². The number of aromatic nitrogens is 4. The number of nitrogens with one attached hydrogen (secondary N) is 1. The molecule has 0 aromatic carbocycles. The van der Waals surface area contributed by atoms with Crippen molar-refractivity contribution in [3.05, 3.63) is 33.9 Å². The molecule has 0 amide bonds. The van der Waals surface area contributed by atoms with E-state index >= 15 is 0 Å². The van der Waals surface area contributed by atoms with Crippen LogP contribution in [0.3, 0.4) is 0 Å². The van der Waals surface area contributed by atoms with Gasteiger partial charge in [0.15, 0.2) is 6.33 Å². The standard InChI is InChI=1S/C9H8N6O3S/c16-15(17)8-7(13-9-14(8)3-4-19-9)10-2-1-6-11-5-12-18-6/h3-5,10H,1-2H2. The van der Waals surface area contributed by atoms with Crippen molar-refractivity contribution in [2.45, 2.75) is 6.42 Å². The molecule has 10 heteroatoms. The van der Waals surface area contributed by atoms with Crippen molar-refractivity contribution in [3.8, 4) is 0 Å². The highest BCUT2D eigenvalue weighted by Gasteiger charge is 2.23. The molecule has 0 saturated carbocycles. The predicted octanol–water partition coefficient (Wildman–Crippen LogP) is 1.34. The van der Waals surface area contributed by atoms with Crippen molar-refractivity contribution in [2.75, 3.05) is 11.9 Å². The Labute approximate surface area is 110 Å². The molecule has 0 bridgehead atoms. The average molecular weight is 280 g/mol. The summed E-state index contributed by atoms with van der Waals surface area (Å²) in [6.07, 6.45) is 3.40. The summed E-state index contributed by atoms with van der Waals surface area (Å²) in [5, 5.41) is 19.2. The minimum Gasteiger partial charge on any atom is -0.362 e. The largest absolute Gasteiger partial charge is 0.372 e. The first-order valence-electron chi connectivity index (χ1n) is 5.35.